The van der Waals surface area contributed by atoms with Gasteiger partial charge in [-0.25, -0.2) is 0 Å². The lowest BCUT2D eigenvalue weighted by molar-refractivity contribution is 0.0609. The van der Waals surface area contributed by atoms with Crippen molar-refractivity contribution in [2.24, 2.45) is 7.05 Å². The van der Waals surface area contributed by atoms with Gasteiger partial charge in [0.15, 0.2) is 0 Å². The Morgan fingerprint density at radius 3 is 2.43 bits per heavy atom. The molecule has 0 saturated heterocycles. The Kier molecular flexibility index (Phi) is 3.48. The summed E-state index contributed by atoms with van der Waals surface area (Å²) in [7, 11) is 1.71. The highest BCUT2D eigenvalue weighted by molar-refractivity contribution is 6.22. The molecule has 23 heavy (non-hydrogen) atoms. The molecule has 3 rings (SSSR count). The van der Waals surface area contributed by atoms with Crippen LogP contribution in [-0.4, -0.2) is 38.4 Å². The van der Waals surface area contributed by atoms with Crippen LogP contribution >= 0.6 is 0 Å². The number of hydrogen-bond donors (Lipinski definition) is 1. The number of carbonyl (C=O) groups is 3. The molecular weight excluding hydrogens is 296 g/mol. The van der Waals surface area contributed by atoms with E-state index >= 15 is 0 Å². The van der Waals surface area contributed by atoms with Crippen LogP contribution in [0.25, 0.3) is 0 Å². The number of hydrogen-bond acceptors (Lipinski definition) is 4. The van der Waals surface area contributed by atoms with Crippen LogP contribution in [0.1, 0.15) is 44.9 Å². The quantitative estimate of drug-likeness (QED) is 0.874. The number of benzene rings is 1. The summed E-state index contributed by atoms with van der Waals surface area (Å²) in [5.74, 6) is -0.505. The van der Waals surface area contributed by atoms with E-state index in [1.165, 1.54) is 21.7 Å². The maximum Gasteiger partial charge on any atom is 0.261 e. The van der Waals surface area contributed by atoms with Crippen molar-refractivity contribution in [2.45, 2.75) is 19.9 Å². The van der Waals surface area contributed by atoms with Crippen LogP contribution in [0.5, 0.6) is 0 Å². The molecule has 7 heteroatoms. The fraction of sp³-hybridized carbons (Fsp3) is 0.250. The van der Waals surface area contributed by atoms with Crippen LogP contribution in [0.4, 0.5) is 5.82 Å². The summed E-state index contributed by atoms with van der Waals surface area (Å²) in [4.78, 5) is 38.1. The second-order valence-electron chi connectivity index (χ2n) is 5.63. The Morgan fingerprint density at radius 2 is 1.83 bits per heavy atom. The van der Waals surface area contributed by atoms with Crippen molar-refractivity contribution in [2.75, 3.05) is 5.32 Å². The first-order valence-corrected chi connectivity index (χ1v) is 7.21. The van der Waals surface area contributed by atoms with E-state index in [0.29, 0.717) is 16.9 Å². The highest BCUT2D eigenvalue weighted by atomic mass is 16.2. The van der Waals surface area contributed by atoms with Crippen molar-refractivity contribution in [3.8, 4) is 0 Å². The highest BCUT2D eigenvalue weighted by Gasteiger charge is 2.37. The maximum atomic E-state index is 12.4. The van der Waals surface area contributed by atoms with Crippen molar-refractivity contribution in [1.29, 1.82) is 0 Å². The molecule has 1 aliphatic heterocycles. The minimum atomic E-state index is -0.366. The number of imide groups is 1. The molecule has 0 unspecified atom stereocenters. The standard InChI is InChI=1S/C16H16N4O3/c1-9(2)20-15(22)11-5-4-10(8-12(11)16(20)23)14(21)18-13-6-7-17-19(13)3/h4-9H,1-3H3,(H,18,21). The Bertz CT molecular complexity index is 822. The van der Waals surface area contributed by atoms with Crippen molar-refractivity contribution >= 4 is 23.5 Å². The van der Waals surface area contributed by atoms with Gasteiger partial charge in [-0.3, -0.25) is 24.0 Å². The van der Waals surface area contributed by atoms with Gasteiger partial charge < -0.3 is 5.32 Å². The SMILES string of the molecule is CC(C)N1C(=O)c2ccc(C(=O)Nc3ccnn3C)cc2C1=O. The molecule has 7 nitrogen and oxygen atoms in total. The van der Waals surface area contributed by atoms with E-state index in [1.54, 1.807) is 39.2 Å². The molecule has 1 aliphatic rings. The summed E-state index contributed by atoms with van der Waals surface area (Å²) in [6, 6.07) is 5.97. The van der Waals surface area contributed by atoms with Crippen LogP contribution in [0.15, 0.2) is 30.5 Å². The molecule has 118 valence electrons. The zero-order valence-corrected chi connectivity index (χ0v) is 13.0. The summed E-state index contributed by atoms with van der Waals surface area (Å²) in [5, 5.41) is 6.68. The van der Waals surface area contributed by atoms with Gasteiger partial charge in [-0.2, -0.15) is 5.10 Å². The second-order valence-corrected chi connectivity index (χ2v) is 5.63. The summed E-state index contributed by atoms with van der Waals surface area (Å²) in [5.41, 5.74) is 0.916. The van der Waals surface area contributed by atoms with Gasteiger partial charge in [0, 0.05) is 24.7 Å². The van der Waals surface area contributed by atoms with Crippen molar-refractivity contribution < 1.29 is 14.4 Å². The molecule has 2 heterocycles. The largest absolute Gasteiger partial charge is 0.307 e. The van der Waals surface area contributed by atoms with Gasteiger partial charge in [-0.1, -0.05) is 0 Å². The number of fused-ring (bicyclic) bond motifs is 1. The zero-order valence-electron chi connectivity index (χ0n) is 13.0. The van der Waals surface area contributed by atoms with E-state index in [-0.39, 0.29) is 29.3 Å². The summed E-state index contributed by atoms with van der Waals surface area (Å²) in [6.45, 7) is 3.55. The molecular formula is C16H16N4O3. The lowest BCUT2D eigenvalue weighted by Crippen LogP contribution is -2.35. The van der Waals surface area contributed by atoms with Crippen LogP contribution in [0.2, 0.25) is 0 Å². The summed E-state index contributed by atoms with van der Waals surface area (Å²) in [6.07, 6.45) is 1.57. The van der Waals surface area contributed by atoms with Crippen LogP contribution in [0.3, 0.4) is 0 Å². The third-order valence-electron chi connectivity index (χ3n) is 3.76. The first-order chi connectivity index (χ1) is 10.9. The van der Waals surface area contributed by atoms with Gasteiger partial charge in [0.2, 0.25) is 0 Å². The molecule has 1 aromatic carbocycles. The van der Waals surface area contributed by atoms with Gasteiger partial charge in [-0.15, -0.1) is 0 Å². The molecule has 1 aromatic heterocycles. The smallest absolute Gasteiger partial charge is 0.261 e. The number of aryl methyl sites for hydroxylation is 1. The van der Waals surface area contributed by atoms with E-state index in [2.05, 4.69) is 10.4 Å². The Hall–Kier alpha value is -2.96. The fourth-order valence-corrected chi connectivity index (χ4v) is 2.55. The predicted octanol–water partition coefficient (Wildman–Crippen LogP) is 1.68. The predicted molar refractivity (Wildman–Crippen MR) is 83.2 cm³/mol. The average molecular weight is 312 g/mol. The summed E-state index contributed by atoms with van der Waals surface area (Å²) < 4.78 is 1.53. The molecule has 2 aromatic rings. The Labute approximate surface area is 132 Å². The van der Waals surface area contributed by atoms with Crippen molar-refractivity contribution in [3.63, 3.8) is 0 Å². The fourth-order valence-electron chi connectivity index (χ4n) is 2.55. The third-order valence-corrected chi connectivity index (χ3v) is 3.76. The molecule has 0 atom stereocenters. The number of nitrogens with zero attached hydrogens (tertiary/aromatic N) is 3. The van der Waals surface area contributed by atoms with Gasteiger partial charge in [-0.05, 0) is 32.0 Å². The van der Waals surface area contributed by atoms with E-state index in [0.717, 1.165) is 0 Å². The number of anilines is 1. The lowest BCUT2D eigenvalue weighted by atomic mass is 10.1. The first-order valence-electron chi connectivity index (χ1n) is 7.21. The lowest BCUT2D eigenvalue weighted by Gasteiger charge is -2.17. The molecule has 3 amide bonds. The number of amides is 3. The van der Waals surface area contributed by atoms with Gasteiger partial charge in [0.1, 0.15) is 5.82 Å². The summed E-state index contributed by atoms with van der Waals surface area (Å²) >= 11 is 0. The van der Waals surface area contributed by atoms with E-state index in [4.69, 9.17) is 0 Å². The van der Waals surface area contributed by atoms with Crippen molar-refractivity contribution in [1.82, 2.24) is 14.7 Å². The van der Waals surface area contributed by atoms with Crippen LogP contribution in [0, 0.1) is 0 Å². The minimum absolute atomic E-state index is 0.228. The molecule has 0 aliphatic carbocycles. The maximum absolute atomic E-state index is 12.4. The third kappa shape index (κ3) is 2.40. The number of nitrogens with one attached hydrogen (secondary N) is 1. The van der Waals surface area contributed by atoms with Gasteiger partial charge >= 0.3 is 0 Å². The minimum Gasteiger partial charge on any atom is -0.307 e. The number of aromatic nitrogens is 2. The Morgan fingerprint density at radius 1 is 1.13 bits per heavy atom. The van der Waals surface area contributed by atoms with Crippen LogP contribution < -0.4 is 5.32 Å². The average Bonchev–Trinajstić information content (AvgIpc) is 3.01. The molecule has 0 fully saturated rings. The highest BCUT2D eigenvalue weighted by Crippen LogP contribution is 2.26. The molecule has 0 saturated carbocycles. The van der Waals surface area contributed by atoms with E-state index < -0.39 is 0 Å². The monoisotopic (exact) mass is 312 g/mol. The molecule has 1 N–H and O–H groups in total. The van der Waals surface area contributed by atoms with E-state index in [1.807, 2.05) is 0 Å². The molecule has 0 bridgehead atoms. The topological polar surface area (TPSA) is 84.3 Å². The number of rotatable bonds is 3. The molecule has 0 radical (unpaired) electrons. The van der Waals surface area contributed by atoms with Gasteiger partial charge in [0.05, 0.1) is 17.3 Å². The first kappa shape index (κ1) is 15.0. The molecule has 0 spiro atoms. The number of carbonyl (C=O) groups excluding carboxylic acids is 3. The zero-order chi connectivity index (χ0) is 16.7. The van der Waals surface area contributed by atoms with Gasteiger partial charge in [0.25, 0.3) is 17.7 Å². The normalized spacial score (nSPS) is 13.7. The second kappa shape index (κ2) is 5.35. The van der Waals surface area contributed by atoms with E-state index in [9.17, 15) is 14.4 Å². The van der Waals surface area contributed by atoms with Crippen LogP contribution in [-0.2, 0) is 7.05 Å². The van der Waals surface area contributed by atoms with Crippen molar-refractivity contribution in [3.05, 3.63) is 47.2 Å². The Balaban J connectivity index is 1.91.